The van der Waals surface area contributed by atoms with Gasteiger partial charge in [-0.25, -0.2) is 4.39 Å². The molecule has 1 fully saturated rings. The molecule has 0 spiro atoms. The van der Waals surface area contributed by atoms with Crippen LogP contribution in [-0.2, 0) is 20.9 Å². The molecule has 2 aromatic carbocycles. The van der Waals surface area contributed by atoms with Crippen molar-refractivity contribution in [1.82, 2.24) is 10.3 Å². The van der Waals surface area contributed by atoms with Gasteiger partial charge >= 0.3 is 0 Å². The van der Waals surface area contributed by atoms with Gasteiger partial charge in [0.05, 0.1) is 12.5 Å². The van der Waals surface area contributed by atoms with E-state index in [1.807, 2.05) is 52.0 Å². The molecule has 8 heteroatoms. The minimum Gasteiger partial charge on any atom is -0.451 e. The van der Waals surface area contributed by atoms with Crippen molar-refractivity contribution in [3.63, 3.8) is 0 Å². The van der Waals surface area contributed by atoms with Gasteiger partial charge in [0.1, 0.15) is 5.82 Å². The molecule has 0 aliphatic carbocycles. The number of carbonyl (C=O) groups excluding carboxylic acids is 2. The number of benzene rings is 2. The monoisotopic (exact) mass is 452 g/mol. The predicted molar refractivity (Wildman–Crippen MR) is 124 cm³/mol. The zero-order chi connectivity index (χ0) is 23.7. The van der Waals surface area contributed by atoms with Gasteiger partial charge in [-0.2, -0.15) is 0 Å². The van der Waals surface area contributed by atoms with E-state index in [1.165, 1.54) is 6.07 Å². The number of nitrogens with one attached hydrogen (secondary N) is 1. The molecule has 0 aromatic heterocycles. The first kappa shape index (κ1) is 22.8. The Morgan fingerprint density at radius 2 is 2.00 bits per heavy atom. The number of amides is 2. The largest absolute Gasteiger partial charge is 0.451 e. The number of hydrazone groups is 1. The summed E-state index contributed by atoms with van der Waals surface area (Å²) in [5, 5.41) is 4.06. The van der Waals surface area contributed by atoms with Crippen LogP contribution in [0.1, 0.15) is 37.5 Å². The van der Waals surface area contributed by atoms with E-state index in [0.29, 0.717) is 35.8 Å². The number of nitrogens with zero attached hydrogens (tertiary/aromatic N) is 3. The second kappa shape index (κ2) is 9.21. The van der Waals surface area contributed by atoms with Crippen LogP contribution in [0.15, 0.2) is 47.6 Å². The Morgan fingerprint density at radius 1 is 1.24 bits per heavy atom. The maximum absolute atomic E-state index is 15.1. The number of hydrogen-bond donors (Lipinski definition) is 1. The maximum Gasteiger partial charge on any atom is 0.240 e. The number of likely N-dealkylation sites (tertiary alicyclic amines) is 1. The highest BCUT2D eigenvalue weighted by molar-refractivity contribution is 5.97. The SMILES string of the molecule is Cc1cccc(N(Cc2ccc(C3=NNC(C)O3)cc2F)C(=O)C2CN(C(=O)C(C)C)C2)c1. The van der Waals surface area contributed by atoms with Crippen LogP contribution >= 0.6 is 0 Å². The lowest BCUT2D eigenvalue weighted by Crippen LogP contribution is -2.57. The van der Waals surface area contributed by atoms with Crippen molar-refractivity contribution in [3.8, 4) is 0 Å². The molecule has 2 heterocycles. The van der Waals surface area contributed by atoms with Crippen molar-refractivity contribution >= 4 is 23.4 Å². The van der Waals surface area contributed by atoms with Crippen LogP contribution in [0.2, 0.25) is 0 Å². The number of hydrogen-bond acceptors (Lipinski definition) is 5. The molecule has 33 heavy (non-hydrogen) atoms. The van der Waals surface area contributed by atoms with E-state index in [2.05, 4.69) is 10.5 Å². The van der Waals surface area contributed by atoms with E-state index >= 15 is 4.39 Å². The first-order valence-electron chi connectivity index (χ1n) is 11.2. The molecule has 7 nitrogen and oxygen atoms in total. The number of anilines is 1. The average molecular weight is 453 g/mol. The summed E-state index contributed by atoms with van der Waals surface area (Å²) in [6, 6.07) is 12.4. The van der Waals surface area contributed by atoms with Crippen LogP contribution in [0.5, 0.6) is 0 Å². The Kier molecular flexibility index (Phi) is 6.35. The van der Waals surface area contributed by atoms with Gasteiger partial charge in [-0.05, 0) is 43.7 Å². The van der Waals surface area contributed by atoms with Crippen molar-refractivity contribution in [2.75, 3.05) is 18.0 Å². The van der Waals surface area contributed by atoms with E-state index in [4.69, 9.17) is 4.74 Å². The van der Waals surface area contributed by atoms with Crippen molar-refractivity contribution < 1.29 is 18.7 Å². The van der Waals surface area contributed by atoms with Crippen molar-refractivity contribution in [1.29, 1.82) is 0 Å². The van der Waals surface area contributed by atoms with Crippen molar-refractivity contribution in [2.24, 2.45) is 16.9 Å². The topological polar surface area (TPSA) is 74.2 Å². The van der Waals surface area contributed by atoms with E-state index in [9.17, 15) is 9.59 Å². The fraction of sp³-hybridized carbons (Fsp3) is 0.400. The summed E-state index contributed by atoms with van der Waals surface area (Å²) in [6.45, 7) is 8.33. The van der Waals surface area contributed by atoms with E-state index in [-0.39, 0.29) is 36.4 Å². The molecular formula is C25H29FN4O3. The molecule has 174 valence electrons. The maximum atomic E-state index is 15.1. The van der Waals surface area contributed by atoms with Crippen LogP contribution in [0.4, 0.5) is 10.1 Å². The summed E-state index contributed by atoms with van der Waals surface area (Å²) in [5.74, 6) is -0.572. The molecule has 0 saturated carbocycles. The Morgan fingerprint density at radius 3 is 2.61 bits per heavy atom. The van der Waals surface area contributed by atoms with Gasteiger partial charge in [-0.1, -0.05) is 32.0 Å². The van der Waals surface area contributed by atoms with Gasteiger partial charge in [-0.15, -0.1) is 5.10 Å². The van der Waals surface area contributed by atoms with E-state index in [1.54, 1.807) is 21.9 Å². The first-order valence-corrected chi connectivity index (χ1v) is 11.2. The molecule has 1 atom stereocenters. The molecule has 1 unspecified atom stereocenters. The van der Waals surface area contributed by atoms with Gasteiger partial charge in [0.15, 0.2) is 6.23 Å². The standard InChI is InChI=1S/C25H29FN4O3/c1-15(2)24(31)29-12-20(13-29)25(32)30(21-7-5-6-16(3)10-21)14-19-9-8-18(11-22(19)26)23-28-27-17(4)33-23/h5-11,15,17,20,27H,12-14H2,1-4H3. The van der Waals surface area contributed by atoms with Crippen LogP contribution in [-0.4, -0.2) is 41.9 Å². The van der Waals surface area contributed by atoms with Gasteiger partial charge in [0.25, 0.3) is 0 Å². The summed E-state index contributed by atoms with van der Waals surface area (Å²) < 4.78 is 20.6. The summed E-state index contributed by atoms with van der Waals surface area (Å²) in [7, 11) is 0. The van der Waals surface area contributed by atoms with E-state index in [0.717, 1.165) is 5.56 Å². The molecule has 2 aliphatic rings. The molecule has 4 rings (SSSR count). The molecule has 2 aliphatic heterocycles. The fourth-order valence-corrected chi connectivity index (χ4v) is 3.97. The Balaban J connectivity index is 1.55. The van der Waals surface area contributed by atoms with Crippen molar-refractivity contribution in [2.45, 2.75) is 40.5 Å². The smallest absolute Gasteiger partial charge is 0.240 e. The molecule has 0 bridgehead atoms. The van der Waals surface area contributed by atoms with Crippen LogP contribution in [0, 0.1) is 24.6 Å². The molecule has 1 saturated heterocycles. The van der Waals surface area contributed by atoms with Crippen LogP contribution < -0.4 is 10.3 Å². The van der Waals surface area contributed by atoms with Crippen molar-refractivity contribution in [3.05, 3.63) is 65.0 Å². The number of carbonyl (C=O) groups is 2. The second-order valence-electron chi connectivity index (χ2n) is 8.97. The van der Waals surface area contributed by atoms with Crippen LogP contribution in [0.3, 0.4) is 0 Å². The van der Waals surface area contributed by atoms with E-state index < -0.39 is 5.82 Å². The molecule has 2 aromatic rings. The average Bonchev–Trinajstić information content (AvgIpc) is 3.17. The molecule has 0 radical (unpaired) electrons. The normalized spacial score (nSPS) is 17.8. The highest BCUT2D eigenvalue weighted by Gasteiger charge is 2.39. The third-order valence-corrected chi connectivity index (χ3v) is 5.88. The minimum atomic E-state index is -0.436. The van der Waals surface area contributed by atoms with Gasteiger partial charge < -0.3 is 14.5 Å². The highest BCUT2D eigenvalue weighted by atomic mass is 19.1. The quantitative estimate of drug-likeness (QED) is 0.729. The van der Waals surface area contributed by atoms with Gasteiger partial charge in [0.2, 0.25) is 17.7 Å². The fourth-order valence-electron chi connectivity index (χ4n) is 3.97. The molecule has 2 amide bonds. The second-order valence-corrected chi connectivity index (χ2v) is 8.97. The lowest BCUT2D eigenvalue weighted by Gasteiger charge is -2.41. The first-order chi connectivity index (χ1) is 15.7. The van der Waals surface area contributed by atoms with Gasteiger partial charge in [-0.3, -0.25) is 15.0 Å². The zero-order valence-corrected chi connectivity index (χ0v) is 19.3. The zero-order valence-electron chi connectivity index (χ0n) is 19.3. The Hall–Kier alpha value is -3.42. The predicted octanol–water partition coefficient (Wildman–Crippen LogP) is 3.41. The number of ether oxygens (including phenoxy) is 1. The number of aryl methyl sites for hydroxylation is 1. The minimum absolute atomic E-state index is 0.0450. The number of halogens is 1. The lowest BCUT2D eigenvalue weighted by molar-refractivity contribution is -0.144. The third kappa shape index (κ3) is 4.84. The Bertz CT molecular complexity index is 1090. The summed E-state index contributed by atoms with van der Waals surface area (Å²) >= 11 is 0. The van der Waals surface area contributed by atoms with Gasteiger partial charge in [0, 0.05) is 35.8 Å². The number of rotatable bonds is 6. The van der Waals surface area contributed by atoms with Crippen LogP contribution in [0.25, 0.3) is 0 Å². The molecular weight excluding hydrogens is 423 g/mol. The molecule has 1 N–H and O–H groups in total. The summed E-state index contributed by atoms with van der Waals surface area (Å²) in [6.07, 6.45) is -0.262. The summed E-state index contributed by atoms with van der Waals surface area (Å²) in [5.41, 5.74) is 5.42. The Labute approximate surface area is 193 Å². The summed E-state index contributed by atoms with van der Waals surface area (Å²) in [4.78, 5) is 28.9. The highest BCUT2D eigenvalue weighted by Crippen LogP contribution is 2.27. The lowest BCUT2D eigenvalue weighted by atomic mass is 9.95. The third-order valence-electron chi connectivity index (χ3n) is 5.88.